The third-order valence-electron chi connectivity index (χ3n) is 5.14. The minimum Gasteiger partial charge on any atom is -0.497 e. The van der Waals surface area contributed by atoms with Crippen molar-refractivity contribution in [2.24, 2.45) is 7.05 Å². The molecule has 6 heteroatoms. The van der Waals surface area contributed by atoms with Crippen LogP contribution in [0.4, 0.5) is 0 Å². The van der Waals surface area contributed by atoms with Gasteiger partial charge < -0.3 is 14.2 Å². The summed E-state index contributed by atoms with van der Waals surface area (Å²) in [6.45, 7) is 1.50. The lowest BCUT2D eigenvalue weighted by Crippen LogP contribution is -2.30. The number of methoxy groups -OCH3 is 1. The van der Waals surface area contributed by atoms with Crippen LogP contribution in [0.1, 0.15) is 23.7 Å². The van der Waals surface area contributed by atoms with E-state index in [0.29, 0.717) is 6.42 Å². The lowest BCUT2D eigenvalue weighted by atomic mass is 10.1. The Hall–Kier alpha value is -2.89. The van der Waals surface area contributed by atoms with Gasteiger partial charge in [0.05, 0.1) is 30.8 Å². The summed E-state index contributed by atoms with van der Waals surface area (Å²) in [4.78, 5) is 23.6. The lowest BCUT2D eigenvalue weighted by Gasteiger charge is -2.17. The Kier molecular flexibility index (Phi) is 4.32. The van der Waals surface area contributed by atoms with Crippen LogP contribution < -0.4 is 4.74 Å². The SMILES string of the molecule is COc1ccc(CC(=O)N2CC[C@@H](c3nc4ccncc4n3C)C2)cc1. The van der Waals surface area contributed by atoms with Crippen LogP contribution >= 0.6 is 0 Å². The summed E-state index contributed by atoms with van der Waals surface area (Å²) in [5.41, 5.74) is 3.00. The van der Waals surface area contributed by atoms with E-state index >= 15 is 0 Å². The second-order valence-electron chi connectivity index (χ2n) is 6.74. The molecule has 3 aromatic rings. The van der Waals surface area contributed by atoms with E-state index in [9.17, 15) is 4.79 Å². The number of imidazole rings is 1. The molecule has 1 aliphatic rings. The number of aromatic nitrogens is 3. The van der Waals surface area contributed by atoms with Gasteiger partial charge in [-0.25, -0.2) is 4.98 Å². The molecule has 4 rings (SSSR count). The summed E-state index contributed by atoms with van der Waals surface area (Å²) >= 11 is 0. The van der Waals surface area contributed by atoms with Crippen molar-refractivity contribution in [3.05, 3.63) is 54.1 Å². The van der Waals surface area contributed by atoms with Gasteiger partial charge in [-0.2, -0.15) is 0 Å². The number of pyridine rings is 1. The molecule has 3 heterocycles. The van der Waals surface area contributed by atoms with E-state index in [1.54, 1.807) is 13.3 Å². The summed E-state index contributed by atoms with van der Waals surface area (Å²) in [5.74, 6) is 2.27. The van der Waals surface area contributed by atoms with Crippen molar-refractivity contribution in [1.29, 1.82) is 0 Å². The van der Waals surface area contributed by atoms with E-state index in [4.69, 9.17) is 9.72 Å². The molecule has 0 saturated carbocycles. The number of amides is 1. The van der Waals surface area contributed by atoms with Gasteiger partial charge in [0.2, 0.25) is 5.91 Å². The third-order valence-corrected chi connectivity index (χ3v) is 5.14. The highest BCUT2D eigenvalue weighted by atomic mass is 16.5. The first kappa shape index (κ1) is 16.6. The van der Waals surface area contributed by atoms with Crippen LogP contribution in [-0.4, -0.2) is 45.5 Å². The molecule has 26 heavy (non-hydrogen) atoms. The normalized spacial score (nSPS) is 17.0. The molecule has 1 saturated heterocycles. The largest absolute Gasteiger partial charge is 0.497 e. The van der Waals surface area contributed by atoms with E-state index < -0.39 is 0 Å². The van der Waals surface area contributed by atoms with E-state index in [2.05, 4.69) is 9.55 Å². The van der Waals surface area contributed by atoms with Gasteiger partial charge in [-0.1, -0.05) is 12.1 Å². The standard InChI is InChI=1S/C20H22N4O2/c1-23-18-12-21-9-7-17(18)22-20(23)15-8-10-24(13-15)19(25)11-14-3-5-16(26-2)6-4-14/h3-7,9,12,15H,8,10-11,13H2,1-2H3/t15-/m1/s1. The quantitative estimate of drug-likeness (QED) is 0.725. The number of aryl methyl sites for hydroxylation is 1. The minimum absolute atomic E-state index is 0.165. The van der Waals surface area contributed by atoms with Gasteiger partial charge in [0.15, 0.2) is 0 Å². The van der Waals surface area contributed by atoms with Crippen molar-refractivity contribution in [3.63, 3.8) is 0 Å². The maximum atomic E-state index is 12.7. The predicted molar refractivity (Wildman–Crippen MR) is 99.1 cm³/mol. The topological polar surface area (TPSA) is 60.2 Å². The zero-order chi connectivity index (χ0) is 18.1. The van der Waals surface area contributed by atoms with E-state index in [1.807, 2.05) is 48.5 Å². The summed E-state index contributed by atoms with van der Waals surface area (Å²) < 4.78 is 7.27. The molecule has 0 radical (unpaired) electrons. The van der Waals surface area contributed by atoms with Gasteiger partial charge >= 0.3 is 0 Å². The van der Waals surface area contributed by atoms with Gasteiger partial charge in [0.1, 0.15) is 11.6 Å². The maximum Gasteiger partial charge on any atom is 0.227 e. The molecule has 0 spiro atoms. The average Bonchev–Trinajstić information content (AvgIpc) is 3.28. The molecule has 0 N–H and O–H groups in total. The maximum absolute atomic E-state index is 12.7. The predicted octanol–water partition coefficient (Wildman–Crippen LogP) is 2.54. The van der Waals surface area contributed by atoms with Crippen LogP contribution in [0.25, 0.3) is 11.0 Å². The molecule has 0 aliphatic carbocycles. The monoisotopic (exact) mass is 350 g/mol. The highest BCUT2D eigenvalue weighted by Crippen LogP contribution is 2.29. The first-order chi connectivity index (χ1) is 12.7. The Labute approximate surface area is 152 Å². The Bertz CT molecular complexity index is 933. The number of rotatable bonds is 4. The van der Waals surface area contributed by atoms with Crippen LogP contribution in [0, 0.1) is 0 Å². The number of ether oxygens (including phenoxy) is 1. The number of hydrogen-bond acceptors (Lipinski definition) is 4. The first-order valence-electron chi connectivity index (χ1n) is 8.82. The molecule has 1 atom stereocenters. The molecule has 1 aromatic carbocycles. The third kappa shape index (κ3) is 3.03. The fourth-order valence-corrected chi connectivity index (χ4v) is 3.65. The number of likely N-dealkylation sites (tertiary alicyclic amines) is 1. The molecule has 134 valence electrons. The van der Waals surface area contributed by atoms with E-state index in [-0.39, 0.29) is 11.8 Å². The Balaban J connectivity index is 1.45. The van der Waals surface area contributed by atoms with Crippen LogP contribution in [0.5, 0.6) is 5.75 Å². The summed E-state index contributed by atoms with van der Waals surface area (Å²) in [6.07, 6.45) is 4.97. The van der Waals surface area contributed by atoms with E-state index in [1.165, 1.54) is 0 Å². The van der Waals surface area contributed by atoms with Crippen LogP contribution in [0.3, 0.4) is 0 Å². The smallest absolute Gasteiger partial charge is 0.227 e. The highest BCUT2D eigenvalue weighted by Gasteiger charge is 2.30. The number of nitrogens with zero attached hydrogens (tertiary/aromatic N) is 4. The van der Waals surface area contributed by atoms with Crippen molar-refractivity contribution >= 4 is 16.9 Å². The van der Waals surface area contributed by atoms with Gasteiger partial charge in [0, 0.05) is 32.3 Å². The zero-order valence-electron chi connectivity index (χ0n) is 15.1. The first-order valence-corrected chi connectivity index (χ1v) is 8.82. The van der Waals surface area contributed by atoms with Gasteiger partial charge in [-0.15, -0.1) is 0 Å². The fourth-order valence-electron chi connectivity index (χ4n) is 3.65. The molecular formula is C20H22N4O2. The van der Waals surface area contributed by atoms with Crippen LogP contribution in [0.15, 0.2) is 42.7 Å². The molecular weight excluding hydrogens is 328 g/mol. The van der Waals surface area contributed by atoms with Crippen LogP contribution in [0.2, 0.25) is 0 Å². The minimum atomic E-state index is 0.165. The molecule has 1 fully saturated rings. The molecule has 0 unspecified atom stereocenters. The zero-order valence-corrected chi connectivity index (χ0v) is 15.1. The van der Waals surface area contributed by atoms with Gasteiger partial charge in [-0.3, -0.25) is 9.78 Å². The van der Waals surface area contributed by atoms with Crippen molar-refractivity contribution in [3.8, 4) is 5.75 Å². The van der Waals surface area contributed by atoms with Gasteiger partial charge in [-0.05, 0) is 30.2 Å². The second kappa shape index (κ2) is 6.78. The van der Waals surface area contributed by atoms with Crippen molar-refractivity contribution in [2.75, 3.05) is 20.2 Å². The van der Waals surface area contributed by atoms with Crippen molar-refractivity contribution in [1.82, 2.24) is 19.4 Å². The van der Waals surface area contributed by atoms with Crippen LogP contribution in [-0.2, 0) is 18.3 Å². The number of carbonyl (C=O) groups excluding carboxylic acids is 1. The summed E-state index contributed by atoms with van der Waals surface area (Å²) in [7, 11) is 3.66. The number of fused-ring (bicyclic) bond motifs is 1. The Morgan fingerprint density at radius 3 is 2.81 bits per heavy atom. The molecule has 0 bridgehead atoms. The summed E-state index contributed by atoms with van der Waals surface area (Å²) in [5, 5.41) is 0. The number of benzene rings is 1. The molecule has 6 nitrogen and oxygen atoms in total. The van der Waals surface area contributed by atoms with E-state index in [0.717, 1.165) is 47.7 Å². The Morgan fingerprint density at radius 1 is 1.27 bits per heavy atom. The number of carbonyl (C=O) groups is 1. The van der Waals surface area contributed by atoms with Crippen molar-refractivity contribution in [2.45, 2.75) is 18.8 Å². The molecule has 1 aliphatic heterocycles. The Morgan fingerprint density at radius 2 is 2.08 bits per heavy atom. The molecule has 2 aromatic heterocycles. The summed E-state index contributed by atoms with van der Waals surface area (Å²) in [6, 6.07) is 9.61. The second-order valence-corrected chi connectivity index (χ2v) is 6.74. The van der Waals surface area contributed by atoms with Gasteiger partial charge in [0.25, 0.3) is 0 Å². The highest BCUT2D eigenvalue weighted by molar-refractivity contribution is 5.79. The molecule has 1 amide bonds. The average molecular weight is 350 g/mol. The van der Waals surface area contributed by atoms with Crippen molar-refractivity contribution < 1.29 is 9.53 Å². The fraction of sp³-hybridized carbons (Fsp3) is 0.350. The lowest BCUT2D eigenvalue weighted by molar-refractivity contribution is -0.129. The number of hydrogen-bond donors (Lipinski definition) is 0.